The minimum atomic E-state index is -4.48. The van der Waals surface area contributed by atoms with Crippen molar-refractivity contribution >= 4 is 5.91 Å². The van der Waals surface area contributed by atoms with Crippen molar-refractivity contribution in [2.75, 3.05) is 6.54 Å². The summed E-state index contributed by atoms with van der Waals surface area (Å²) in [5.41, 5.74) is -0.0213. The number of carbonyl (C=O) groups is 1. The molecule has 3 heterocycles. The third-order valence-corrected chi connectivity index (χ3v) is 3.98. The molecule has 0 aromatic carbocycles. The van der Waals surface area contributed by atoms with Crippen LogP contribution in [0, 0.1) is 0 Å². The van der Waals surface area contributed by atoms with Crippen LogP contribution in [0.4, 0.5) is 13.2 Å². The molecular formula is C15H18F3N5O. The van der Waals surface area contributed by atoms with Gasteiger partial charge in [0.05, 0.1) is 6.54 Å². The number of aromatic amines is 1. The standard InChI is InChI=1S/C15H18F3N5O/c1-14(2,3)10-6-9(20-21-10)13(24)23-5-4-22-7-11(15(16,17)18)19-12(22)8-23/h6-7H,4-5,8H2,1-3H3,(H,20,21). The van der Waals surface area contributed by atoms with Crippen LogP contribution in [0.2, 0.25) is 0 Å². The highest BCUT2D eigenvalue weighted by molar-refractivity contribution is 5.92. The van der Waals surface area contributed by atoms with E-state index < -0.39 is 11.9 Å². The summed E-state index contributed by atoms with van der Waals surface area (Å²) in [6.45, 7) is 6.60. The van der Waals surface area contributed by atoms with E-state index >= 15 is 0 Å². The fourth-order valence-corrected chi connectivity index (χ4v) is 2.54. The Morgan fingerprint density at radius 1 is 1.25 bits per heavy atom. The third kappa shape index (κ3) is 3.02. The van der Waals surface area contributed by atoms with Crippen LogP contribution in [0.25, 0.3) is 0 Å². The van der Waals surface area contributed by atoms with Gasteiger partial charge in [0.15, 0.2) is 5.69 Å². The number of fused-ring (bicyclic) bond motifs is 1. The maximum atomic E-state index is 12.7. The molecular weight excluding hydrogens is 323 g/mol. The molecule has 1 aliphatic rings. The smallest absolute Gasteiger partial charge is 0.331 e. The summed E-state index contributed by atoms with van der Waals surface area (Å²) in [5.74, 6) is -0.0851. The Bertz CT molecular complexity index is 769. The molecule has 0 unspecified atom stereocenters. The number of halogens is 3. The van der Waals surface area contributed by atoms with Crippen molar-refractivity contribution < 1.29 is 18.0 Å². The number of nitrogens with zero attached hydrogens (tertiary/aromatic N) is 4. The average Bonchev–Trinajstić information content (AvgIpc) is 3.11. The Morgan fingerprint density at radius 2 is 1.96 bits per heavy atom. The van der Waals surface area contributed by atoms with Gasteiger partial charge in [0, 0.05) is 30.4 Å². The number of nitrogens with one attached hydrogen (secondary N) is 1. The van der Waals surface area contributed by atoms with Gasteiger partial charge in [0.2, 0.25) is 0 Å². The van der Waals surface area contributed by atoms with Crippen molar-refractivity contribution in [3.63, 3.8) is 0 Å². The molecule has 2 aromatic rings. The Balaban J connectivity index is 1.79. The van der Waals surface area contributed by atoms with Crippen LogP contribution in [-0.4, -0.2) is 37.1 Å². The number of amides is 1. The predicted octanol–water partition coefficient (Wildman–Crippen LogP) is 2.58. The molecule has 6 nitrogen and oxygen atoms in total. The van der Waals surface area contributed by atoms with Crippen LogP contribution in [0.15, 0.2) is 12.3 Å². The molecule has 0 bridgehead atoms. The van der Waals surface area contributed by atoms with Gasteiger partial charge in [-0.1, -0.05) is 20.8 Å². The van der Waals surface area contributed by atoms with Gasteiger partial charge in [0.25, 0.3) is 5.91 Å². The van der Waals surface area contributed by atoms with E-state index in [1.54, 1.807) is 6.07 Å². The Hall–Kier alpha value is -2.32. The number of hydrogen-bond acceptors (Lipinski definition) is 3. The van der Waals surface area contributed by atoms with Crippen LogP contribution in [-0.2, 0) is 24.7 Å². The van der Waals surface area contributed by atoms with Crippen molar-refractivity contribution in [3.8, 4) is 0 Å². The van der Waals surface area contributed by atoms with Gasteiger partial charge in [-0.25, -0.2) is 4.98 Å². The molecule has 0 atom stereocenters. The van der Waals surface area contributed by atoms with Gasteiger partial charge in [-0.15, -0.1) is 0 Å². The van der Waals surface area contributed by atoms with Gasteiger partial charge in [0.1, 0.15) is 11.5 Å². The topological polar surface area (TPSA) is 66.8 Å². The molecule has 1 amide bonds. The Morgan fingerprint density at radius 3 is 2.54 bits per heavy atom. The zero-order valence-corrected chi connectivity index (χ0v) is 13.6. The summed E-state index contributed by atoms with van der Waals surface area (Å²) < 4.78 is 39.7. The highest BCUT2D eigenvalue weighted by Gasteiger charge is 2.36. The highest BCUT2D eigenvalue weighted by Crippen LogP contribution is 2.29. The van der Waals surface area contributed by atoms with Gasteiger partial charge < -0.3 is 9.47 Å². The highest BCUT2D eigenvalue weighted by atomic mass is 19.4. The summed E-state index contributed by atoms with van der Waals surface area (Å²) in [5, 5.41) is 6.88. The average molecular weight is 341 g/mol. The van der Waals surface area contributed by atoms with Gasteiger partial charge >= 0.3 is 6.18 Å². The predicted molar refractivity (Wildman–Crippen MR) is 79.3 cm³/mol. The van der Waals surface area contributed by atoms with E-state index in [4.69, 9.17) is 0 Å². The number of H-pyrrole nitrogens is 1. The molecule has 24 heavy (non-hydrogen) atoms. The van der Waals surface area contributed by atoms with Crippen molar-refractivity contribution in [1.82, 2.24) is 24.6 Å². The van der Waals surface area contributed by atoms with Crippen molar-refractivity contribution in [2.24, 2.45) is 0 Å². The molecule has 1 N–H and O–H groups in total. The number of aromatic nitrogens is 4. The molecule has 3 rings (SSSR count). The van der Waals surface area contributed by atoms with Crippen LogP contribution in [0.5, 0.6) is 0 Å². The monoisotopic (exact) mass is 341 g/mol. The van der Waals surface area contributed by atoms with Gasteiger partial charge in [-0.05, 0) is 6.07 Å². The van der Waals surface area contributed by atoms with Crippen LogP contribution in [0.3, 0.4) is 0 Å². The maximum absolute atomic E-state index is 12.7. The molecule has 0 saturated carbocycles. The van der Waals surface area contributed by atoms with E-state index in [9.17, 15) is 18.0 Å². The molecule has 0 radical (unpaired) electrons. The minimum Gasteiger partial charge on any atom is -0.331 e. The second-order valence-corrected chi connectivity index (χ2v) is 6.88. The number of hydrogen-bond donors (Lipinski definition) is 1. The zero-order valence-electron chi connectivity index (χ0n) is 13.6. The second-order valence-electron chi connectivity index (χ2n) is 6.88. The first-order valence-electron chi connectivity index (χ1n) is 7.54. The quantitative estimate of drug-likeness (QED) is 0.867. The van der Waals surface area contributed by atoms with E-state index in [1.165, 1.54) is 9.47 Å². The number of imidazole rings is 1. The summed E-state index contributed by atoms with van der Waals surface area (Å²) in [7, 11) is 0. The summed E-state index contributed by atoms with van der Waals surface area (Å²) in [6.07, 6.45) is -3.49. The van der Waals surface area contributed by atoms with Crippen LogP contribution in [0.1, 0.15) is 48.5 Å². The first kappa shape index (κ1) is 16.5. The summed E-state index contributed by atoms with van der Waals surface area (Å²) in [4.78, 5) is 17.6. The van der Waals surface area contributed by atoms with E-state index in [0.29, 0.717) is 6.54 Å². The molecule has 0 aliphatic carbocycles. The third-order valence-electron chi connectivity index (χ3n) is 3.98. The lowest BCUT2D eigenvalue weighted by molar-refractivity contribution is -0.141. The molecule has 9 heteroatoms. The van der Waals surface area contributed by atoms with Crippen molar-refractivity contribution in [3.05, 3.63) is 35.2 Å². The number of alkyl halides is 3. The van der Waals surface area contributed by atoms with Crippen LogP contribution < -0.4 is 0 Å². The molecule has 1 aliphatic heterocycles. The maximum Gasteiger partial charge on any atom is 0.434 e. The van der Waals surface area contributed by atoms with Gasteiger partial charge in [-0.3, -0.25) is 9.89 Å². The fourth-order valence-electron chi connectivity index (χ4n) is 2.54. The van der Waals surface area contributed by atoms with Gasteiger partial charge in [-0.2, -0.15) is 18.3 Å². The second kappa shape index (κ2) is 5.35. The summed E-state index contributed by atoms with van der Waals surface area (Å²) in [6, 6.07) is 1.69. The molecule has 0 saturated heterocycles. The van der Waals surface area contributed by atoms with E-state index in [-0.39, 0.29) is 35.9 Å². The largest absolute Gasteiger partial charge is 0.434 e. The van der Waals surface area contributed by atoms with E-state index in [0.717, 1.165) is 11.9 Å². The minimum absolute atomic E-state index is 0.0343. The van der Waals surface area contributed by atoms with Crippen LogP contribution >= 0.6 is 0 Å². The number of rotatable bonds is 1. The molecule has 2 aromatic heterocycles. The normalized spacial score (nSPS) is 15.5. The van der Waals surface area contributed by atoms with Crippen molar-refractivity contribution in [1.29, 1.82) is 0 Å². The SMILES string of the molecule is CC(C)(C)c1cc(C(=O)N2CCn3cc(C(F)(F)F)nc3C2)n[nH]1. The summed E-state index contributed by atoms with van der Waals surface area (Å²) >= 11 is 0. The molecule has 0 fully saturated rings. The zero-order chi connectivity index (χ0) is 17.7. The first-order valence-corrected chi connectivity index (χ1v) is 7.54. The Kier molecular flexibility index (Phi) is 3.69. The fraction of sp³-hybridized carbons (Fsp3) is 0.533. The lowest BCUT2D eigenvalue weighted by atomic mass is 9.92. The lowest BCUT2D eigenvalue weighted by Gasteiger charge is -2.26. The number of carbonyl (C=O) groups excluding carboxylic acids is 1. The molecule has 0 spiro atoms. The Labute approximate surface area is 136 Å². The van der Waals surface area contributed by atoms with Crippen molar-refractivity contribution in [2.45, 2.75) is 45.5 Å². The first-order chi connectivity index (χ1) is 11.1. The molecule has 130 valence electrons. The van der Waals surface area contributed by atoms with E-state index in [1.807, 2.05) is 20.8 Å². The lowest BCUT2D eigenvalue weighted by Crippen LogP contribution is -2.38. The van der Waals surface area contributed by atoms with E-state index in [2.05, 4.69) is 15.2 Å².